The summed E-state index contributed by atoms with van der Waals surface area (Å²) in [6.07, 6.45) is 7.36. The average Bonchev–Trinajstić information content (AvgIpc) is 3.87. The molecule has 3 saturated heterocycles. The van der Waals surface area contributed by atoms with Crippen molar-refractivity contribution in [3.05, 3.63) is 77.5 Å². The second kappa shape index (κ2) is 16.0. The van der Waals surface area contributed by atoms with Crippen molar-refractivity contribution in [2.45, 2.75) is 63.6 Å². The van der Waals surface area contributed by atoms with Crippen LogP contribution in [0.3, 0.4) is 0 Å². The molecule has 1 saturated carbocycles. The van der Waals surface area contributed by atoms with E-state index in [4.69, 9.17) is 9.84 Å². The summed E-state index contributed by atoms with van der Waals surface area (Å²) in [6, 6.07) is 13.7. The number of nitrogens with one attached hydrogen (secondary N) is 2. The first kappa shape index (κ1) is 40.8. The van der Waals surface area contributed by atoms with Crippen LogP contribution in [-0.2, 0) is 15.2 Å². The molecule has 62 heavy (non-hydrogen) atoms. The third-order valence-electron chi connectivity index (χ3n) is 12.8. The number of benzene rings is 2. The van der Waals surface area contributed by atoms with Crippen molar-refractivity contribution < 1.29 is 33.4 Å². The van der Waals surface area contributed by atoms with Crippen molar-refractivity contribution in [3.8, 4) is 11.8 Å². The number of nitriles is 1. The minimum atomic E-state index is -1.27. The number of rotatable bonds is 9. The third kappa shape index (κ3) is 7.66. The number of amides is 5. The molecule has 0 atom stereocenters. The zero-order chi connectivity index (χ0) is 43.4. The quantitative estimate of drug-likeness (QED) is 0.191. The number of urea groups is 1. The third-order valence-corrected chi connectivity index (χ3v) is 12.8. The van der Waals surface area contributed by atoms with Crippen molar-refractivity contribution in [3.63, 3.8) is 0 Å². The lowest BCUT2D eigenvalue weighted by molar-refractivity contribution is -0.138. The summed E-state index contributed by atoms with van der Waals surface area (Å²) in [5, 5.41) is 35.6. The number of carbonyl (C=O) groups is 4. The van der Waals surface area contributed by atoms with Crippen molar-refractivity contribution in [2.75, 3.05) is 68.0 Å². The maximum Gasteiger partial charge on any atom is 0.328 e. The zero-order valence-electron chi connectivity index (χ0n) is 34.8. The normalized spacial score (nSPS) is 20.3. The van der Waals surface area contributed by atoms with E-state index >= 15 is 4.39 Å². The Morgan fingerprint density at radius 2 is 1.74 bits per heavy atom. The first-order chi connectivity index (χ1) is 29.8. The van der Waals surface area contributed by atoms with Gasteiger partial charge in [-0.15, -0.1) is 0 Å². The predicted molar refractivity (Wildman–Crippen MR) is 226 cm³/mol. The first-order valence-corrected chi connectivity index (χ1v) is 21.0. The molecular formula is C44H48FN11O6. The number of hydrogen-bond donors (Lipinski definition) is 3. The van der Waals surface area contributed by atoms with Gasteiger partial charge in [-0.3, -0.25) is 34.2 Å². The van der Waals surface area contributed by atoms with Gasteiger partial charge in [0.05, 0.1) is 47.5 Å². The standard InChI is InChI=1S/C44H48FN11O6/c1-44(2,61)33-20-35-27(17-36(33)48-41(58)37-9-8-31-16-26(21-46)22-47-56(31)37)25-55(50-35)30-6-4-29(5-7-30)51-12-14-52(15-13-51)42(59)28-23-53(24-28)32-18-34(45)40(38(19-32)62-3)54-11-10-39(57)49-43(54)60/h8-9,16-20,22,25,28-30,61H,4-7,10-15,23-24H2,1-3H3,(H,48,58)(H,49,57,60). The second-order valence-corrected chi connectivity index (χ2v) is 17.1. The van der Waals surface area contributed by atoms with E-state index in [1.54, 1.807) is 38.1 Å². The maximum atomic E-state index is 15.4. The molecule has 3 aliphatic heterocycles. The highest BCUT2D eigenvalue weighted by atomic mass is 19.1. The van der Waals surface area contributed by atoms with Gasteiger partial charge in [-0.05, 0) is 75.9 Å². The lowest BCUT2D eigenvalue weighted by Gasteiger charge is -2.45. The average molecular weight is 846 g/mol. The fraction of sp³-hybridized carbons (Fsp3) is 0.432. The predicted octanol–water partition coefficient (Wildman–Crippen LogP) is 4.39. The summed E-state index contributed by atoms with van der Waals surface area (Å²) < 4.78 is 24.4. The minimum absolute atomic E-state index is 0.0184. The number of ether oxygens (including phenoxy) is 1. The molecule has 5 amide bonds. The van der Waals surface area contributed by atoms with Crippen molar-refractivity contribution >= 4 is 57.2 Å². The van der Waals surface area contributed by atoms with Crippen LogP contribution < -0.4 is 25.2 Å². The number of methoxy groups -OCH3 is 1. The summed E-state index contributed by atoms with van der Waals surface area (Å²) in [4.78, 5) is 58.6. The van der Waals surface area contributed by atoms with E-state index in [1.165, 1.54) is 28.8 Å². The maximum absolute atomic E-state index is 15.4. The number of aromatic nitrogens is 4. The highest BCUT2D eigenvalue weighted by molar-refractivity contribution is 6.07. The van der Waals surface area contributed by atoms with Crippen LogP contribution in [0.25, 0.3) is 16.4 Å². The molecule has 0 spiro atoms. The van der Waals surface area contributed by atoms with E-state index in [0.29, 0.717) is 65.9 Å². The van der Waals surface area contributed by atoms with E-state index in [1.807, 2.05) is 32.8 Å². The zero-order valence-corrected chi connectivity index (χ0v) is 34.8. The van der Waals surface area contributed by atoms with Gasteiger partial charge in [0.15, 0.2) is 5.82 Å². The van der Waals surface area contributed by atoms with Crippen LogP contribution in [0.15, 0.2) is 54.9 Å². The Bertz CT molecular complexity index is 2640. The lowest BCUT2D eigenvalue weighted by Crippen LogP contribution is -2.59. The summed E-state index contributed by atoms with van der Waals surface area (Å²) in [5.74, 6) is -1.36. The Morgan fingerprint density at radius 1 is 1.00 bits per heavy atom. The van der Waals surface area contributed by atoms with Gasteiger partial charge in [-0.1, -0.05) is 0 Å². The molecule has 3 N–H and O–H groups in total. The SMILES string of the molecule is COc1cc(N2CC(C(=O)N3CCN(C4CCC(n5cc6cc(NC(=O)c7ccc8cc(C#N)cnn78)c(C(C)(C)O)cc6n5)CC4)CC3)C2)cc(F)c1N1CCC(=O)NC1=O. The Kier molecular flexibility index (Phi) is 10.6. The number of fused-ring (bicyclic) bond motifs is 2. The molecule has 2 aromatic carbocycles. The van der Waals surface area contributed by atoms with E-state index in [0.717, 1.165) is 49.7 Å². The molecule has 5 aromatic rings. The summed E-state index contributed by atoms with van der Waals surface area (Å²) in [7, 11) is 1.40. The molecule has 0 radical (unpaired) electrons. The first-order valence-electron chi connectivity index (χ1n) is 21.0. The topological polar surface area (TPSA) is 194 Å². The number of anilines is 3. The molecule has 0 unspecified atom stereocenters. The molecule has 9 rings (SSSR count). The number of imide groups is 1. The molecule has 6 heterocycles. The molecule has 4 fully saturated rings. The highest BCUT2D eigenvalue weighted by Gasteiger charge is 2.39. The van der Waals surface area contributed by atoms with Gasteiger partial charge in [-0.25, -0.2) is 13.7 Å². The number of halogens is 1. The Morgan fingerprint density at radius 3 is 2.44 bits per heavy atom. The Balaban J connectivity index is 0.781. The fourth-order valence-electron chi connectivity index (χ4n) is 9.34. The van der Waals surface area contributed by atoms with E-state index in [9.17, 15) is 29.5 Å². The molecular weight excluding hydrogens is 798 g/mol. The van der Waals surface area contributed by atoms with Crippen molar-refractivity contribution in [1.82, 2.24) is 34.5 Å². The van der Waals surface area contributed by atoms with Crippen molar-refractivity contribution in [1.29, 1.82) is 5.26 Å². The van der Waals surface area contributed by atoms with Crippen molar-refractivity contribution in [2.24, 2.45) is 5.92 Å². The number of carbonyl (C=O) groups excluding carboxylic acids is 4. The molecule has 0 bridgehead atoms. The van der Waals surface area contributed by atoms with E-state index < -0.39 is 29.3 Å². The summed E-state index contributed by atoms with van der Waals surface area (Å²) >= 11 is 0. The number of aliphatic hydroxyl groups is 1. The van der Waals surface area contributed by atoms with Crippen LogP contribution in [0.1, 0.15) is 73.6 Å². The molecule has 17 nitrogen and oxygen atoms in total. The Hall–Kier alpha value is -6.58. The van der Waals surface area contributed by atoms with Crippen LogP contribution in [0.2, 0.25) is 0 Å². The van der Waals surface area contributed by atoms with Crippen LogP contribution in [0.5, 0.6) is 5.75 Å². The fourth-order valence-corrected chi connectivity index (χ4v) is 9.34. The van der Waals surface area contributed by atoms with Gasteiger partial charge in [-0.2, -0.15) is 15.5 Å². The monoisotopic (exact) mass is 845 g/mol. The van der Waals surface area contributed by atoms with Gasteiger partial charge in [0, 0.05) is 92.9 Å². The highest BCUT2D eigenvalue weighted by Crippen LogP contribution is 2.40. The molecule has 4 aliphatic rings. The van der Waals surface area contributed by atoms with E-state index in [2.05, 4.69) is 26.7 Å². The van der Waals surface area contributed by atoms with Crippen LogP contribution in [0, 0.1) is 23.1 Å². The number of nitrogens with zero attached hydrogens (tertiary/aromatic N) is 9. The molecule has 1 aliphatic carbocycles. The summed E-state index contributed by atoms with van der Waals surface area (Å²) in [5.41, 5.74) is 2.33. The smallest absolute Gasteiger partial charge is 0.328 e. The lowest BCUT2D eigenvalue weighted by atomic mass is 9.89. The van der Waals surface area contributed by atoms with Gasteiger partial charge >= 0.3 is 6.03 Å². The number of piperazine rings is 1. The molecule has 322 valence electrons. The molecule has 18 heteroatoms. The van der Waals surface area contributed by atoms with Crippen LogP contribution >= 0.6 is 0 Å². The van der Waals surface area contributed by atoms with Gasteiger partial charge in [0.25, 0.3) is 5.91 Å². The van der Waals surface area contributed by atoms with Gasteiger partial charge in [0.2, 0.25) is 11.8 Å². The van der Waals surface area contributed by atoms with Gasteiger partial charge < -0.3 is 25.0 Å². The van der Waals surface area contributed by atoms with Crippen LogP contribution in [-0.4, -0.2) is 117 Å². The number of hydrogen-bond acceptors (Lipinski definition) is 11. The van der Waals surface area contributed by atoms with E-state index in [-0.39, 0.29) is 42.3 Å². The largest absolute Gasteiger partial charge is 0.494 e. The summed E-state index contributed by atoms with van der Waals surface area (Å²) in [6.45, 7) is 7.20. The van der Waals surface area contributed by atoms with Crippen LogP contribution in [0.4, 0.5) is 26.2 Å². The Labute approximate surface area is 356 Å². The minimum Gasteiger partial charge on any atom is -0.494 e. The second-order valence-electron chi connectivity index (χ2n) is 17.1. The van der Waals surface area contributed by atoms with Gasteiger partial charge in [0.1, 0.15) is 23.2 Å². The molecule has 3 aromatic heterocycles.